The Morgan fingerprint density at radius 3 is 2.95 bits per heavy atom. The molecule has 0 unspecified atom stereocenters. The Kier molecular flexibility index (Phi) is 3.73. The molecule has 0 aliphatic heterocycles. The maximum atomic E-state index is 12.2. The van der Waals surface area contributed by atoms with Crippen molar-refractivity contribution >= 4 is 27.1 Å². The number of aliphatic hydroxyl groups excluding tert-OH is 1. The topological polar surface area (TPSA) is 103 Å². The van der Waals surface area contributed by atoms with E-state index in [0.29, 0.717) is 5.39 Å². The Bertz CT molecular complexity index is 881. The van der Waals surface area contributed by atoms with Crippen molar-refractivity contribution in [3.05, 3.63) is 56.6 Å². The number of nitro groups is 1. The lowest BCUT2D eigenvalue weighted by Gasteiger charge is -2.12. The second kappa shape index (κ2) is 5.70. The molecule has 0 radical (unpaired) electrons. The number of thiophene rings is 1. The monoisotopic (exact) mass is 320 g/mol. The minimum absolute atomic E-state index is 0.0714. The van der Waals surface area contributed by atoms with E-state index in [1.807, 2.05) is 11.4 Å². The van der Waals surface area contributed by atoms with Crippen LogP contribution in [0.3, 0.4) is 0 Å². The van der Waals surface area contributed by atoms with Gasteiger partial charge in [0.15, 0.2) is 0 Å². The highest BCUT2D eigenvalue weighted by molar-refractivity contribution is 7.17. The van der Waals surface area contributed by atoms with Gasteiger partial charge in [-0.15, -0.1) is 11.3 Å². The molecule has 3 aromatic heterocycles. The lowest BCUT2D eigenvalue weighted by Crippen LogP contribution is -2.28. The summed E-state index contributed by atoms with van der Waals surface area (Å²) in [4.78, 5) is 22.2. The summed E-state index contributed by atoms with van der Waals surface area (Å²) in [7, 11) is 0. The normalized spacial score (nSPS) is 12.6. The number of fused-ring (bicyclic) bond motifs is 1. The SMILES string of the molecule is O=c1c2ccsc2ccn1C[C@H](O)Cn1cc([N+](=O)[O-])cn1. The fraction of sp³-hybridized carbons (Fsp3) is 0.231. The lowest BCUT2D eigenvalue weighted by atomic mass is 10.3. The molecule has 0 fully saturated rings. The summed E-state index contributed by atoms with van der Waals surface area (Å²) in [5.74, 6) is 0. The second-order valence-corrected chi connectivity index (χ2v) is 5.75. The van der Waals surface area contributed by atoms with Crippen molar-refractivity contribution in [2.24, 2.45) is 0 Å². The van der Waals surface area contributed by atoms with E-state index in [1.165, 1.54) is 26.8 Å². The Morgan fingerprint density at radius 1 is 1.41 bits per heavy atom. The molecule has 0 aromatic carbocycles. The van der Waals surface area contributed by atoms with Gasteiger partial charge >= 0.3 is 5.69 Å². The third kappa shape index (κ3) is 2.76. The molecule has 0 aliphatic rings. The molecule has 3 aromatic rings. The van der Waals surface area contributed by atoms with Gasteiger partial charge < -0.3 is 9.67 Å². The number of aromatic nitrogens is 3. The molecule has 0 aliphatic carbocycles. The van der Waals surface area contributed by atoms with E-state index in [4.69, 9.17) is 0 Å². The molecule has 0 bridgehead atoms. The zero-order valence-corrected chi connectivity index (χ0v) is 12.1. The van der Waals surface area contributed by atoms with Crippen LogP contribution in [0.15, 0.2) is 40.9 Å². The Labute approximate surface area is 128 Å². The summed E-state index contributed by atoms with van der Waals surface area (Å²) in [5.41, 5.74) is -0.298. The van der Waals surface area contributed by atoms with Crippen LogP contribution in [0, 0.1) is 10.1 Å². The van der Waals surface area contributed by atoms with E-state index >= 15 is 0 Å². The number of nitrogens with zero attached hydrogens (tertiary/aromatic N) is 4. The number of aliphatic hydroxyl groups is 1. The molecule has 1 atom stereocenters. The van der Waals surface area contributed by atoms with Gasteiger partial charge in [0.05, 0.1) is 29.5 Å². The number of hydrogen-bond acceptors (Lipinski definition) is 6. The van der Waals surface area contributed by atoms with E-state index in [9.17, 15) is 20.0 Å². The van der Waals surface area contributed by atoms with Crippen molar-refractivity contribution < 1.29 is 10.0 Å². The van der Waals surface area contributed by atoms with Gasteiger partial charge in [-0.25, -0.2) is 0 Å². The molecule has 8 nitrogen and oxygen atoms in total. The second-order valence-electron chi connectivity index (χ2n) is 4.80. The Hall–Kier alpha value is -2.52. The first-order valence-electron chi connectivity index (χ1n) is 6.46. The van der Waals surface area contributed by atoms with Gasteiger partial charge in [0.25, 0.3) is 5.56 Å². The predicted molar refractivity (Wildman–Crippen MR) is 81.0 cm³/mol. The molecule has 1 N–H and O–H groups in total. The standard InChI is InChI=1S/C13H12N4O4S/c18-10(8-16-6-9(5-14-16)17(20)21)7-15-3-1-12-11(13(15)19)2-4-22-12/h1-6,10,18H,7-8H2/t10-/m0/s1. The summed E-state index contributed by atoms with van der Waals surface area (Å²) in [6.45, 7) is 0.167. The van der Waals surface area contributed by atoms with Crippen LogP contribution in [0.25, 0.3) is 10.1 Å². The van der Waals surface area contributed by atoms with E-state index in [2.05, 4.69) is 5.10 Å². The highest BCUT2D eigenvalue weighted by Gasteiger charge is 2.13. The predicted octanol–water partition coefficient (Wildman–Crippen LogP) is 1.23. The number of hydrogen-bond donors (Lipinski definition) is 1. The smallest absolute Gasteiger partial charge is 0.306 e. The maximum Gasteiger partial charge on any atom is 0.306 e. The van der Waals surface area contributed by atoms with Crippen molar-refractivity contribution in [1.82, 2.24) is 14.3 Å². The van der Waals surface area contributed by atoms with Gasteiger partial charge in [-0.3, -0.25) is 19.6 Å². The van der Waals surface area contributed by atoms with E-state index in [-0.39, 0.29) is 24.3 Å². The van der Waals surface area contributed by atoms with Crippen LogP contribution >= 0.6 is 11.3 Å². The minimum Gasteiger partial charge on any atom is -0.389 e. The lowest BCUT2D eigenvalue weighted by molar-refractivity contribution is -0.385. The molecule has 3 heterocycles. The largest absolute Gasteiger partial charge is 0.389 e. The van der Waals surface area contributed by atoms with E-state index in [0.717, 1.165) is 10.9 Å². The van der Waals surface area contributed by atoms with Gasteiger partial charge in [0.2, 0.25) is 0 Å². The highest BCUT2D eigenvalue weighted by Crippen LogP contribution is 2.16. The Morgan fingerprint density at radius 2 is 2.23 bits per heavy atom. The first kappa shape index (κ1) is 14.4. The van der Waals surface area contributed by atoms with Gasteiger partial charge in [-0.1, -0.05) is 0 Å². The van der Waals surface area contributed by atoms with Crippen molar-refractivity contribution in [3.63, 3.8) is 0 Å². The van der Waals surface area contributed by atoms with Crippen LogP contribution in [0.4, 0.5) is 5.69 Å². The molecule has 3 rings (SSSR count). The van der Waals surface area contributed by atoms with Crippen LogP contribution in [0.1, 0.15) is 0 Å². The molecule has 114 valence electrons. The Balaban J connectivity index is 1.74. The molecule has 0 saturated carbocycles. The first-order valence-corrected chi connectivity index (χ1v) is 7.34. The molecule has 0 saturated heterocycles. The van der Waals surface area contributed by atoms with Gasteiger partial charge in [-0.05, 0) is 17.5 Å². The fourth-order valence-electron chi connectivity index (χ4n) is 2.20. The third-order valence-electron chi connectivity index (χ3n) is 3.23. The quantitative estimate of drug-likeness (QED) is 0.562. The molecule has 9 heteroatoms. The average Bonchev–Trinajstić information content (AvgIpc) is 3.11. The third-order valence-corrected chi connectivity index (χ3v) is 4.11. The number of pyridine rings is 1. The van der Waals surface area contributed by atoms with Crippen LogP contribution < -0.4 is 5.56 Å². The van der Waals surface area contributed by atoms with Gasteiger partial charge in [0.1, 0.15) is 12.4 Å². The summed E-state index contributed by atoms with van der Waals surface area (Å²) >= 11 is 1.48. The van der Waals surface area contributed by atoms with Crippen LogP contribution in [0.5, 0.6) is 0 Å². The minimum atomic E-state index is -0.881. The molecular formula is C13H12N4O4S. The maximum absolute atomic E-state index is 12.2. The van der Waals surface area contributed by atoms with Gasteiger partial charge in [0, 0.05) is 10.9 Å². The van der Waals surface area contributed by atoms with Crippen molar-refractivity contribution in [1.29, 1.82) is 0 Å². The molecule has 0 amide bonds. The highest BCUT2D eigenvalue weighted by atomic mass is 32.1. The molecule has 0 spiro atoms. The zero-order valence-electron chi connectivity index (χ0n) is 11.3. The van der Waals surface area contributed by atoms with Crippen molar-refractivity contribution in [3.8, 4) is 0 Å². The number of rotatable bonds is 5. The van der Waals surface area contributed by atoms with Gasteiger partial charge in [-0.2, -0.15) is 5.10 Å². The summed E-state index contributed by atoms with van der Waals surface area (Å²) in [5, 5.41) is 26.9. The summed E-state index contributed by atoms with van der Waals surface area (Å²) in [6.07, 6.45) is 3.12. The zero-order chi connectivity index (χ0) is 15.7. The van der Waals surface area contributed by atoms with E-state index < -0.39 is 11.0 Å². The summed E-state index contributed by atoms with van der Waals surface area (Å²) < 4.78 is 3.62. The van der Waals surface area contributed by atoms with E-state index in [1.54, 1.807) is 12.3 Å². The van der Waals surface area contributed by atoms with Crippen molar-refractivity contribution in [2.75, 3.05) is 0 Å². The van der Waals surface area contributed by atoms with Crippen molar-refractivity contribution in [2.45, 2.75) is 19.2 Å². The first-order chi connectivity index (χ1) is 10.5. The average molecular weight is 320 g/mol. The summed E-state index contributed by atoms with van der Waals surface area (Å²) in [6, 6.07) is 3.58. The molecule has 22 heavy (non-hydrogen) atoms. The van der Waals surface area contributed by atoms with Crippen LogP contribution in [-0.2, 0) is 13.1 Å². The van der Waals surface area contributed by atoms with Crippen LogP contribution in [0.2, 0.25) is 0 Å². The van der Waals surface area contributed by atoms with Crippen LogP contribution in [-0.4, -0.2) is 30.5 Å². The molecular weight excluding hydrogens is 308 g/mol. The fourth-order valence-corrected chi connectivity index (χ4v) is 2.97.